The number of fused-ring (bicyclic) bond motifs is 1. The zero-order chi connectivity index (χ0) is 15.9. The third-order valence-corrected chi connectivity index (χ3v) is 4.69. The zero-order valence-corrected chi connectivity index (χ0v) is 17.0. The molecule has 1 atom stereocenters. The van der Waals surface area contributed by atoms with Crippen molar-refractivity contribution in [2.45, 2.75) is 26.4 Å². The van der Waals surface area contributed by atoms with Gasteiger partial charge in [0.2, 0.25) is 0 Å². The van der Waals surface area contributed by atoms with Gasteiger partial charge in [0.15, 0.2) is 5.96 Å². The molecule has 6 heteroatoms. The molecular formula is C17H26IN3OS. The van der Waals surface area contributed by atoms with Crippen molar-refractivity contribution >= 4 is 51.4 Å². The molecule has 1 unspecified atom stereocenters. The number of nitrogens with one attached hydrogen (secondary N) is 2. The fourth-order valence-electron chi connectivity index (χ4n) is 2.16. The van der Waals surface area contributed by atoms with Gasteiger partial charge >= 0.3 is 0 Å². The fraction of sp³-hybridized carbons (Fsp3) is 0.471. The number of thiophene rings is 1. The van der Waals surface area contributed by atoms with Crippen LogP contribution in [0.5, 0.6) is 0 Å². The minimum atomic E-state index is -0.527. The van der Waals surface area contributed by atoms with Gasteiger partial charge in [-0.1, -0.05) is 32.0 Å². The molecule has 23 heavy (non-hydrogen) atoms. The lowest BCUT2D eigenvalue weighted by Crippen LogP contribution is -2.39. The van der Waals surface area contributed by atoms with E-state index in [2.05, 4.69) is 47.7 Å². The van der Waals surface area contributed by atoms with E-state index in [1.165, 1.54) is 10.1 Å². The summed E-state index contributed by atoms with van der Waals surface area (Å²) < 4.78 is 1.20. The highest BCUT2D eigenvalue weighted by atomic mass is 127. The van der Waals surface area contributed by atoms with Crippen LogP contribution in [-0.4, -0.2) is 31.2 Å². The second-order valence-corrected chi connectivity index (χ2v) is 6.88. The Bertz CT molecular complexity index is 594. The van der Waals surface area contributed by atoms with E-state index in [4.69, 9.17) is 0 Å². The van der Waals surface area contributed by atoms with Crippen LogP contribution in [0.2, 0.25) is 0 Å². The molecule has 0 saturated carbocycles. The maximum absolute atomic E-state index is 10.3. The van der Waals surface area contributed by atoms with E-state index in [-0.39, 0.29) is 24.0 Å². The number of hydrogen-bond acceptors (Lipinski definition) is 3. The zero-order valence-electron chi connectivity index (χ0n) is 13.9. The number of hydrogen-bond donors (Lipinski definition) is 3. The molecule has 0 fully saturated rings. The largest absolute Gasteiger partial charge is 0.386 e. The van der Waals surface area contributed by atoms with Crippen molar-refractivity contribution in [1.82, 2.24) is 10.6 Å². The van der Waals surface area contributed by atoms with Gasteiger partial charge in [-0.05, 0) is 29.9 Å². The summed E-state index contributed by atoms with van der Waals surface area (Å²) in [6, 6.07) is 10.2. The summed E-state index contributed by atoms with van der Waals surface area (Å²) in [5.74, 6) is 1.40. The summed E-state index contributed by atoms with van der Waals surface area (Å²) in [5.41, 5.74) is 0. The van der Waals surface area contributed by atoms with E-state index in [0.29, 0.717) is 12.5 Å². The Balaban J connectivity index is 0.00000264. The Hall–Kier alpha value is -0.860. The smallest absolute Gasteiger partial charge is 0.191 e. The molecule has 0 aliphatic heterocycles. The van der Waals surface area contributed by atoms with Crippen LogP contribution >= 0.6 is 35.3 Å². The lowest BCUT2D eigenvalue weighted by molar-refractivity contribution is 0.184. The predicted molar refractivity (Wildman–Crippen MR) is 111 cm³/mol. The molecule has 0 spiro atoms. The van der Waals surface area contributed by atoms with Crippen molar-refractivity contribution in [1.29, 1.82) is 0 Å². The molecule has 128 valence electrons. The van der Waals surface area contributed by atoms with Gasteiger partial charge in [-0.3, -0.25) is 4.99 Å². The van der Waals surface area contributed by atoms with Gasteiger partial charge in [0.1, 0.15) is 6.10 Å². The van der Waals surface area contributed by atoms with Crippen LogP contribution in [0.3, 0.4) is 0 Å². The first-order valence-electron chi connectivity index (χ1n) is 7.71. The first kappa shape index (κ1) is 20.2. The summed E-state index contributed by atoms with van der Waals surface area (Å²) in [6.45, 7) is 5.73. The molecule has 0 radical (unpaired) electrons. The van der Waals surface area contributed by atoms with Crippen molar-refractivity contribution in [2.24, 2.45) is 10.9 Å². The lowest BCUT2D eigenvalue weighted by Gasteiger charge is -2.15. The van der Waals surface area contributed by atoms with Crippen LogP contribution in [0.4, 0.5) is 0 Å². The topological polar surface area (TPSA) is 56.7 Å². The number of halogens is 1. The average molecular weight is 447 g/mol. The van der Waals surface area contributed by atoms with Crippen LogP contribution in [0.25, 0.3) is 10.1 Å². The van der Waals surface area contributed by atoms with Gasteiger partial charge in [0.25, 0.3) is 0 Å². The van der Waals surface area contributed by atoms with Gasteiger partial charge in [-0.2, -0.15) is 0 Å². The van der Waals surface area contributed by atoms with Crippen molar-refractivity contribution in [2.75, 3.05) is 20.1 Å². The Morgan fingerprint density at radius 2 is 2.00 bits per heavy atom. The Kier molecular flexibility index (Phi) is 8.86. The van der Waals surface area contributed by atoms with Crippen LogP contribution in [0.15, 0.2) is 35.3 Å². The summed E-state index contributed by atoms with van der Waals surface area (Å²) in [7, 11) is 1.75. The molecule has 1 heterocycles. The Labute approximate surface area is 159 Å². The molecule has 0 bridgehead atoms. The predicted octanol–water partition coefficient (Wildman–Crippen LogP) is 3.76. The SMILES string of the molecule is CN=C(NCCC(C)C)NCC(O)c1cc2ccccc2s1.I. The normalized spacial score (nSPS) is 13.0. The highest BCUT2D eigenvalue weighted by molar-refractivity contribution is 14.0. The van der Waals surface area contributed by atoms with Crippen LogP contribution < -0.4 is 10.6 Å². The maximum Gasteiger partial charge on any atom is 0.191 e. The highest BCUT2D eigenvalue weighted by Crippen LogP contribution is 2.29. The fourth-order valence-corrected chi connectivity index (χ4v) is 3.21. The van der Waals surface area contributed by atoms with E-state index in [0.717, 1.165) is 23.8 Å². The third-order valence-electron chi connectivity index (χ3n) is 3.47. The van der Waals surface area contributed by atoms with E-state index < -0.39 is 6.10 Å². The summed E-state index contributed by atoms with van der Waals surface area (Å²) in [4.78, 5) is 5.16. The number of nitrogens with zero attached hydrogens (tertiary/aromatic N) is 1. The standard InChI is InChI=1S/C17H25N3OS.HI/c1-12(2)8-9-19-17(18-3)20-11-14(21)16-10-13-6-4-5-7-15(13)22-16;/h4-7,10,12,14,21H,8-9,11H2,1-3H3,(H2,18,19,20);1H. The Morgan fingerprint density at radius 3 is 2.65 bits per heavy atom. The summed E-state index contributed by atoms with van der Waals surface area (Å²) in [5, 5.41) is 18.0. The van der Waals surface area contributed by atoms with Crippen molar-refractivity contribution in [3.63, 3.8) is 0 Å². The van der Waals surface area contributed by atoms with Gasteiger partial charge in [0, 0.05) is 29.7 Å². The molecule has 2 rings (SSSR count). The number of benzene rings is 1. The minimum Gasteiger partial charge on any atom is -0.386 e. The van der Waals surface area contributed by atoms with Crippen molar-refractivity contribution in [3.8, 4) is 0 Å². The lowest BCUT2D eigenvalue weighted by atomic mass is 10.1. The van der Waals surface area contributed by atoms with Crippen molar-refractivity contribution < 1.29 is 5.11 Å². The molecule has 0 aliphatic carbocycles. The molecule has 1 aromatic carbocycles. The van der Waals surface area contributed by atoms with Crippen molar-refractivity contribution in [3.05, 3.63) is 35.2 Å². The molecule has 0 saturated heterocycles. The quantitative estimate of drug-likeness (QED) is 0.359. The van der Waals surface area contributed by atoms with E-state index in [9.17, 15) is 5.11 Å². The van der Waals surface area contributed by atoms with Crippen LogP contribution in [0, 0.1) is 5.92 Å². The molecular weight excluding hydrogens is 421 g/mol. The number of aliphatic hydroxyl groups is 1. The summed E-state index contributed by atoms with van der Waals surface area (Å²) in [6.07, 6.45) is 0.570. The number of aliphatic hydroxyl groups excluding tert-OH is 1. The second kappa shape index (κ2) is 10.1. The highest BCUT2D eigenvalue weighted by Gasteiger charge is 2.12. The monoisotopic (exact) mass is 447 g/mol. The molecule has 0 aliphatic rings. The Morgan fingerprint density at radius 1 is 1.26 bits per heavy atom. The van der Waals surface area contributed by atoms with Gasteiger partial charge in [0.05, 0.1) is 0 Å². The average Bonchev–Trinajstić information content (AvgIpc) is 2.94. The maximum atomic E-state index is 10.3. The first-order valence-corrected chi connectivity index (χ1v) is 8.53. The third kappa shape index (κ3) is 6.27. The minimum absolute atomic E-state index is 0. The second-order valence-electron chi connectivity index (χ2n) is 5.76. The van der Waals surface area contributed by atoms with E-state index in [1.54, 1.807) is 18.4 Å². The number of aliphatic imine (C=N–C) groups is 1. The summed E-state index contributed by atoms with van der Waals surface area (Å²) >= 11 is 1.64. The van der Waals surface area contributed by atoms with E-state index >= 15 is 0 Å². The van der Waals surface area contributed by atoms with Gasteiger partial charge in [-0.25, -0.2) is 0 Å². The molecule has 4 nitrogen and oxygen atoms in total. The van der Waals surface area contributed by atoms with E-state index in [1.807, 2.05) is 12.1 Å². The van der Waals surface area contributed by atoms with Crippen LogP contribution in [-0.2, 0) is 0 Å². The number of guanidine groups is 1. The molecule has 1 aromatic heterocycles. The molecule has 3 N–H and O–H groups in total. The van der Waals surface area contributed by atoms with Gasteiger partial charge in [-0.15, -0.1) is 35.3 Å². The number of rotatable bonds is 6. The van der Waals surface area contributed by atoms with Gasteiger partial charge < -0.3 is 15.7 Å². The van der Waals surface area contributed by atoms with Crippen LogP contribution in [0.1, 0.15) is 31.2 Å². The molecule has 2 aromatic rings. The first-order chi connectivity index (χ1) is 10.6. The molecule has 0 amide bonds.